The van der Waals surface area contributed by atoms with E-state index in [-0.39, 0.29) is 17.9 Å². The van der Waals surface area contributed by atoms with Crippen LogP contribution in [0.15, 0.2) is 11.1 Å². The molecule has 0 bridgehead atoms. The van der Waals surface area contributed by atoms with Gasteiger partial charge in [-0.05, 0) is 36.2 Å². The third-order valence-corrected chi connectivity index (χ3v) is 5.61. The summed E-state index contributed by atoms with van der Waals surface area (Å²) >= 11 is 0. The second-order valence-electron chi connectivity index (χ2n) is 7.28. The van der Waals surface area contributed by atoms with Crippen molar-refractivity contribution >= 4 is 0 Å². The summed E-state index contributed by atoms with van der Waals surface area (Å²) in [6.07, 6.45) is 1.39. The fraction of sp³-hybridized carbons (Fsp3) is 0.867. The first kappa shape index (κ1) is 13.6. The molecule has 0 aromatic heterocycles. The molecule has 0 spiro atoms. The number of aliphatic hydroxyl groups excluding tert-OH is 2. The first-order chi connectivity index (χ1) is 8.78. The fourth-order valence-electron chi connectivity index (χ4n) is 4.69. The zero-order valence-electron chi connectivity index (χ0n) is 11.9. The van der Waals surface area contributed by atoms with Gasteiger partial charge in [0.25, 0.3) is 0 Å². The normalized spacial score (nSPS) is 48.3. The molecule has 1 saturated heterocycles. The molecule has 0 aromatic carbocycles. The van der Waals surface area contributed by atoms with Crippen molar-refractivity contribution in [3.63, 3.8) is 0 Å². The maximum absolute atomic E-state index is 11.1. The van der Waals surface area contributed by atoms with Gasteiger partial charge in [0.1, 0.15) is 5.60 Å². The summed E-state index contributed by atoms with van der Waals surface area (Å²) in [7, 11) is 0. The molecule has 4 nitrogen and oxygen atoms in total. The third-order valence-electron chi connectivity index (χ3n) is 5.61. The molecule has 3 N–H and O–H groups in total. The minimum atomic E-state index is -1.33. The molecule has 0 amide bonds. The van der Waals surface area contributed by atoms with Gasteiger partial charge in [-0.3, -0.25) is 0 Å². The molecule has 1 aliphatic heterocycles. The van der Waals surface area contributed by atoms with Crippen LogP contribution in [-0.2, 0) is 4.74 Å². The fourth-order valence-corrected chi connectivity index (χ4v) is 4.69. The van der Waals surface area contributed by atoms with E-state index in [0.717, 1.165) is 24.8 Å². The topological polar surface area (TPSA) is 69.9 Å². The van der Waals surface area contributed by atoms with Crippen LogP contribution in [0.2, 0.25) is 0 Å². The van der Waals surface area contributed by atoms with Crippen molar-refractivity contribution in [2.24, 2.45) is 16.7 Å². The average Bonchev–Trinajstić information content (AvgIpc) is 2.59. The SMILES string of the molecule is C[C@H]1CCC2=C3[C@](CO)(CO[C@@H](O)[C@]31O)CC2(C)C. The first-order valence-electron chi connectivity index (χ1n) is 7.15. The third kappa shape index (κ3) is 1.49. The highest BCUT2D eigenvalue weighted by molar-refractivity contribution is 5.44. The highest BCUT2D eigenvalue weighted by atomic mass is 16.6. The highest BCUT2D eigenvalue weighted by Gasteiger charge is 2.64. The smallest absolute Gasteiger partial charge is 0.188 e. The number of ether oxygens (including phenoxy) is 1. The van der Waals surface area contributed by atoms with Crippen molar-refractivity contribution in [1.29, 1.82) is 0 Å². The number of hydrogen-bond donors (Lipinski definition) is 3. The minimum Gasteiger partial charge on any atom is -0.395 e. The average molecular weight is 268 g/mol. The lowest BCUT2D eigenvalue weighted by molar-refractivity contribution is -0.259. The van der Waals surface area contributed by atoms with E-state index in [1.807, 2.05) is 6.92 Å². The van der Waals surface area contributed by atoms with Gasteiger partial charge in [-0.2, -0.15) is 0 Å². The van der Waals surface area contributed by atoms with E-state index in [0.29, 0.717) is 6.61 Å². The molecule has 0 aromatic rings. The molecule has 0 saturated carbocycles. The summed E-state index contributed by atoms with van der Waals surface area (Å²) in [4.78, 5) is 0. The summed E-state index contributed by atoms with van der Waals surface area (Å²) in [5.41, 5.74) is 0.221. The van der Waals surface area contributed by atoms with E-state index in [1.165, 1.54) is 5.57 Å². The number of allylic oxidation sites excluding steroid dienone is 1. The standard InChI is InChI=1S/C15H24O4/c1-9-4-5-10-11-14(7-16,6-13(10,2)3)8-19-12(17)15(9,11)18/h9,12,16-18H,4-8H2,1-3H3/t9-,12+,14+,15+/m0/s1. The lowest BCUT2D eigenvalue weighted by atomic mass is 9.63. The molecule has 108 valence electrons. The van der Waals surface area contributed by atoms with E-state index in [1.54, 1.807) is 0 Å². The van der Waals surface area contributed by atoms with Crippen LogP contribution in [0, 0.1) is 16.7 Å². The molecule has 1 fully saturated rings. The van der Waals surface area contributed by atoms with Crippen LogP contribution in [0.5, 0.6) is 0 Å². The Bertz CT molecular complexity index is 441. The maximum atomic E-state index is 11.1. The lowest BCUT2D eigenvalue weighted by Crippen LogP contribution is -2.61. The van der Waals surface area contributed by atoms with Crippen molar-refractivity contribution in [1.82, 2.24) is 0 Å². The van der Waals surface area contributed by atoms with Crippen molar-refractivity contribution in [2.45, 2.75) is 51.9 Å². The molecular weight excluding hydrogens is 244 g/mol. The molecule has 3 aliphatic rings. The van der Waals surface area contributed by atoms with Crippen molar-refractivity contribution in [3.05, 3.63) is 11.1 Å². The van der Waals surface area contributed by atoms with Gasteiger partial charge in [0.2, 0.25) is 0 Å². The Balaban J connectivity index is 2.24. The van der Waals surface area contributed by atoms with Crippen molar-refractivity contribution in [2.75, 3.05) is 13.2 Å². The van der Waals surface area contributed by atoms with E-state index < -0.39 is 17.3 Å². The van der Waals surface area contributed by atoms with Crippen LogP contribution in [0.1, 0.15) is 40.0 Å². The first-order valence-corrected chi connectivity index (χ1v) is 7.15. The van der Waals surface area contributed by atoms with Crippen LogP contribution in [0.25, 0.3) is 0 Å². The molecule has 19 heavy (non-hydrogen) atoms. The Morgan fingerprint density at radius 1 is 1.37 bits per heavy atom. The Morgan fingerprint density at radius 2 is 2.05 bits per heavy atom. The van der Waals surface area contributed by atoms with Crippen LogP contribution in [0.3, 0.4) is 0 Å². The minimum absolute atomic E-state index is 0.0307. The maximum Gasteiger partial charge on any atom is 0.188 e. The predicted molar refractivity (Wildman–Crippen MR) is 70.2 cm³/mol. The molecule has 1 heterocycles. The Labute approximate surface area is 114 Å². The molecule has 4 atom stereocenters. The largest absolute Gasteiger partial charge is 0.395 e. The highest BCUT2D eigenvalue weighted by Crippen LogP contribution is 2.63. The summed E-state index contributed by atoms with van der Waals surface area (Å²) in [5.74, 6) is -0.0543. The van der Waals surface area contributed by atoms with E-state index in [9.17, 15) is 15.3 Å². The van der Waals surface area contributed by atoms with Gasteiger partial charge in [-0.15, -0.1) is 0 Å². The van der Waals surface area contributed by atoms with Crippen LogP contribution in [0.4, 0.5) is 0 Å². The Morgan fingerprint density at radius 3 is 2.68 bits per heavy atom. The predicted octanol–water partition coefficient (Wildman–Crippen LogP) is 1.20. The molecular formula is C15H24O4. The van der Waals surface area contributed by atoms with Crippen LogP contribution >= 0.6 is 0 Å². The molecule has 4 heteroatoms. The molecule has 0 radical (unpaired) electrons. The Hall–Kier alpha value is -0.420. The monoisotopic (exact) mass is 268 g/mol. The van der Waals surface area contributed by atoms with Gasteiger partial charge in [0.15, 0.2) is 6.29 Å². The summed E-state index contributed by atoms with van der Waals surface area (Å²) in [6.45, 7) is 6.54. The second-order valence-corrected chi connectivity index (χ2v) is 7.28. The van der Waals surface area contributed by atoms with Crippen molar-refractivity contribution in [3.8, 4) is 0 Å². The van der Waals surface area contributed by atoms with Crippen molar-refractivity contribution < 1.29 is 20.1 Å². The number of hydrogen-bond acceptors (Lipinski definition) is 4. The zero-order chi connectivity index (χ0) is 14.1. The van der Waals surface area contributed by atoms with Crippen LogP contribution < -0.4 is 0 Å². The summed E-state index contributed by atoms with van der Waals surface area (Å²) < 4.78 is 5.45. The van der Waals surface area contributed by atoms with E-state index >= 15 is 0 Å². The van der Waals surface area contributed by atoms with E-state index in [4.69, 9.17) is 4.74 Å². The number of aliphatic hydroxyl groups is 3. The lowest BCUT2D eigenvalue weighted by Gasteiger charge is -2.52. The van der Waals surface area contributed by atoms with Gasteiger partial charge in [0.05, 0.1) is 13.2 Å². The molecule has 2 aliphatic carbocycles. The zero-order valence-corrected chi connectivity index (χ0v) is 11.9. The molecule has 0 unspecified atom stereocenters. The number of rotatable bonds is 1. The van der Waals surface area contributed by atoms with Crippen LogP contribution in [-0.4, -0.2) is 40.4 Å². The summed E-state index contributed by atoms with van der Waals surface area (Å²) in [5, 5.41) is 31.2. The van der Waals surface area contributed by atoms with Gasteiger partial charge >= 0.3 is 0 Å². The second kappa shape index (κ2) is 3.82. The Kier molecular flexibility index (Phi) is 2.72. The van der Waals surface area contributed by atoms with Gasteiger partial charge in [-0.25, -0.2) is 0 Å². The summed E-state index contributed by atoms with van der Waals surface area (Å²) in [6, 6.07) is 0. The quantitative estimate of drug-likeness (QED) is 0.625. The van der Waals surface area contributed by atoms with Gasteiger partial charge < -0.3 is 20.1 Å². The van der Waals surface area contributed by atoms with E-state index in [2.05, 4.69) is 13.8 Å². The van der Waals surface area contributed by atoms with Gasteiger partial charge in [0, 0.05) is 5.41 Å². The van der Waals surface area contributed by atoms with Gasteiger partial charge in [-0.1, -0.05) is 26.3 Å². The molecule has 3 rings (SSSR count).